The van der Waals surface area contributed by atoms with Gasteiger partial charge in [0.1, 0.15) is 13.2 Å². The molecule has 0 aliphatic rings. The Bertz CT molecular complexity index is 822. The van der Waals surface area contributed by atoms with E-state index in [9.17, 15) is 14.4 Å². The van der Waals surface area contributed by atoms with E-state index in [-0.39, 0.29) is 31.1 Å². The van der Waals surface area contributed by atoms with Crippen molar-refractivity contribution in [1.82, 2.24) is 0 Å². The Balaban J connectivity index is 4.27. The van der Waals surface area contributed by atoms with Gasteiger partial charge in [-0.3, -0.25) is 14.4 Å². The van der Waals surface area contributed by atoms with Crippen molar-refractivity contribution >= 4 is 17.9 Å². The summed E-state index contributed by atoms with van der Waals surface area (Å²) in [7, 11) is 0. The largest absolute Gasteiger partial charge is 0.462 e. The molecule has 0 aromatic carbocycles. The van der Waals surface area contributed by atoms with Crippen LogP contribution in [-0.4, -0.2) is 37.2 Å². The van der Waals surface area contributed by atoms with Gasteiger partial charge in [-0.1, -0.05) is 208 Å². The second-order valence-electron chi connectivity index (χ2n) is 17.5. The van der Waals surface area contributed by atoms with Crippen LogP contribution < -0.4 is 0 Å². The lowest BCUT2D eigenvalue weighted by molar-refractivity contribution is -0.167. The van der Waals surface area contributed by atoms with E-state index in [4.69, 9.17) is 14.2 Å². The molecule has 0 radical (unpaired) electrons. The molecule has 0 aromatic rings. The lowest BCUT2D eigenvalue weighted by Gasteiger charge is -2.18. The van der Waals surface area contributed by atoms with Gasteiger partial charge in [0.25, 0.3) is 0 Å². The van der Waals surface area contributed by atoms with Crippen molar-refractivity contribution in [1.29, 1.82) is 0 Å². The number of unbranched alkanes of at least 4 members (excludes halogenated alkanes) is 23. The molecular formula is C47H90O6. The minimum Gasteiger partial charge on any atom is -0.462 e. The molecule has 6 heteroatoms. The molecule has 0 rings (SSSR count). The SMILES string of the molecule is CC(C)CCCCCCCCCCCCCCCC(=O)OC[C@@H](COC(=O)CCCCCCCCC(C)C)OC(=O)CCCCCCCCCC(C)C. The van der Waals surface area contributed by atoms with Crippen molar-refractivity contribution in [3.05, 3.63) is 0 Å². The van der Waals surface area contributed by atoms with E-state index in [1.807, 2.05) is 0 Å². The first-order valence-electron chi connectivity index (χ1n) is 23.1. The lowest BCUT2D eigenvalue weighted by atomic mass is 10.0. The third kappa shape index (κ3) is 41.4. The maximum absolute atomic E-state index is 12.7. The molecular weight excluding hydrogens is 661 g/mol. The zero-order chi connectivity index (χ0) is 39.2. The van der Waals surface area contributed by atoms with E-state index in [0.717, 1.165) is 75.5 Å². The summed E-state index contributed by atoms with van der Waals surface area (Å²) in [6.07, 6.45) is 35.4. The number of carbonyl (C=O) groups excluding carboxylic acids is 3. The minimum atomic E-state index is -0.762. The first kappa shape index (κ1) is 51.4. The Labute approximate surface area is 329 Å². The van der Waals surface area contributed by atoms with Crippen LogP contribution >= 0.6 is 0 Å². The molecule has 0 aromatic heterocycles. The van der Waals surface area contributed by atoms with Gasteiger partial charge < -0.3 is 14.2 Å². The van der Waals surface area contributed by atoms with Gasteiger partial charge in [-0.05, 0) is 37.0 Å². The van der Waals surface area contributed by atoms with Gasteiger partial charge in [0.05, 0.1) is 0 Å². The third-order valence-electron chi connectivity index (χ3n) is 10.4. The van der Waals surface area contributed by atoms with Crippen LogP contribution in [0.1, 0.15) is 247 Å². The van der Waals surface area contributed by atoms with E-state index in [0.29, 0.717) is 19.3 Å². The van der Waals surface area contributed by atoms with E-state index >= 15 is 0 Å². The average Bonchev–Trinajstić information content (AvgIpc) is 3.11. The predicted molar refractivity (Wildman–Crippen MR) is 224 cm³/mol. The van der Waals surface area contributed by atoms with E-state index in [2.05, 4.69) is 41.5 Å². The predicted octanol–water partition coefficient (Wildman–Crippen LogP) is 14.4. The molecule has 0 spiro atoms. The first-order chi connectivity index (χ1) is 25.6. The standard InChI is InChI=1S/C47H90O6/c1-41(2)33-27-21-15-12-10-8-7-9-11-13-17-24-30-36-45(48)51-39-44(40-52-46(49)37-31-25-20-19-23-29-35-43(5)6)53-47(50)38-32-26-18-14-16-22-28-34-42(3)4/h41-44H,7-40H2,1-6H3/t44-/m0/s1. The minimum absolute atomic E-state index is 0.0669. The fourth-order valence-corrected chi connectivity index (χ4v) is 6.88. The number of ether oxygens (including phenoxy) is 3. The van der Waals surface area contributed by atoms with Crippen LogP contribution in [0.15, 0.2) is 0 Å². The summed E-state index contributed by atoms with van der Waals surface area (Å²) >= 11 is 0. The van der Waals surface area contributed by atoms with Crippen molar-refractivity contribution in [2.75, 3.05) is 13.2 Å². The summed E-state index contributed by atoms with van der Waals surface area (Å²) < 4.78 is 16.7. The van der Waals surface area contributed by atoms with Crippen molar-refractivity contribution in [2.45, 2.75) is 253 Å². The highest BCUT2D eigenvalue weighted by Gasteiger charge is 2.19. The normalized spacial score (nSPS) is 12.2. The second-order valence-corrected chi connectivity index (χ2v) is 17.5. The average molecular weight is 751 g/mol. The van der Waals surface area contributed by atoms with Gasteiger partial charge in [0.2, 0.25) is 0 Å². The van der Waals surface area contributed by atoms with E-state index in [1.54, 1.807) is 0 Å². The summed E-state index contributed by atoms with van der Waals surface area (Å²) in [6.45, 7) is 13.6. The molecule has 6 nitrogen and oxygen atoms in total. The lowest BCUT2D eigenvalue weighted by Crippen LogP contribution is -2.30. The Hall–Kier alpha value is -1.59. The maximum atomic E-state index is 12.7. The third-order valence-corrected chi connectivity index (χ3v) is 10.4. The molecule has 1 atom stereocenters. The molecule has 0 aliphatic carbocycles. The number of hydrogen-bond acceptors (Lipinski definition) is 6. The fraction of sp³-hybridized carbons (Fsp3) is 0.936. The molecule has 0 saturated carbocycles. The van der Waals surface area contributed by atoms with Gasteiger partial charge in [0.15, 0.2) is 6.10 Å². The summed E-state index contributed by atoms with van der Waals surface area (Å²) in [4.78, 5) is 37.7. The van der Waals surface area contributed by atoms with Gasteiger partial charge in [-0.15, -0.1) is 0 Å². The van der Waals surface area contributed by atoms with Crippen LogP contribution in [0.25, 0.3) is 0 Å². The number of hydrogen-bond donors (Lipinski definition) is 0. The van der Waals surface area contributed by atoms with Gasteiger partial charge >= 0.3 is 17.9 Å². The molecule has 0 unspecified atom stereocenters. The smallest absolute Gasteiger partial charge is 0.306 e. The number of carbonyl (C=O) groups is 3. The van der Waals surface area contributed by atoms with Crippen LogP contribution in [0.5, 0.6) is 0 Å². The highest BCUT2D eigenvalue weighted by atomic mass is 16.6. The first-order valence-corrected chi connectivity index (χ1v) is 23.1. The van der Waals surface area contributed by atoms with Gasteiger partial charge in [-0.2, -0.15) is 0 Å². The van der Waals surface area contributed by atoms with Crippen LogP contribution in [0.4, 0.5) is 0 Å². The van der Waals surface area contributed by atoms with Gasteiger partial charge in [0, 0.05) is 19.3 Å². The second kappa shape index (κ2) is 38.7. The Morgan fingerprint density at radius 2 is 0.547 bits per heavy atom. The van der Waals surface area contributed by atoms with Crippen molar-refractivity contribution in [2.24, 2.45) is 17.8 Å². The van der Waals surface area contributed by atoms with E-state index in [1.165, 1.54) is 128 Å². The summed E-state index contributed by atoms with van der Waals surface area (Å²) in [6, 6.07) is 0. The topological polar surface area (TPSA) is 78.9 Å². The summed E-state index contributed by atoms with van der Waals surface area (Å²) in [5.74, 6) is 1.51. The molecule has 0 heterocycles. The summed E-state index contributed by atoms with van der Waals surface area (Å²) in [5, 5.41) is 0. The van der Waals surface area contributed by atoms with Crippen LogP contribution in [0, 0.1) is 17.8 Å². The molecule has 0 saturated heterocycles. The molecule has 0 fully saturated rings. The van der Waals surface area contributed by atoms with Gasteiger partial charge in [-0.25, -0.2) is 0 Å². The number of esters is 3. The Morgan fingerprint density at radius 3 is 0.811 bits per heavy atom. The van der Waals surface area contributed by atoms with Crippen molar-refractivity contribution in [3.8, 4) is 0 Å². The molecule has 0 bridgehead atoms. The van der Waals surface area contributed by atoms with Crippen molar-refractivity contribution < 1.29 is 28.6 Å². The van der Waals surface area contributed by atoms with Crippen LogP contribution in [-0.2, 0) is 28.6 Å². The Morgan fingerprint density at radius 1 is 0.321 bits per heavy atom. The highest BCUT2D eigenvalue weighted by Crippen LogP contribution is 2.17. The molecule has 0 aliphatic heterocycles. The molecule has 0 amide bonds. The fourth-order valence-electron chi connectivity index (χ4n) is 6.88. The monoisotopic (exact) mass is 751 g/mol. The molecule has 0 N–H and O–H groups in total. The zero-order valence-corrected chi connectivity index (χ0v) is 36.3. The summed E-state index contributed by atoms with van der Waals surface area (Å²) in [5.41, 5.74) is 0. The highest BCUT2D eigenvalue weighted by molar-refractivity contribution is 5.71. The van der Waals surface area contributed by atoms with E-state index < -0.39 is 6.10 Å². The molecule has 53 heavy (non-hydrogen) atoms. The molecule has 314 valence electrons. The maximum Gasteiger partial charge on any atom is 0.306 e. The number of rotatable bonds is 40. The van der Waals surface area contributed by atoms with Crippen molar-refractivity contribution in [3.63, 3.8) is 0 Å². The Kier molecular flexibility index (Phi) is 37.5. The van der Waals surface area contributed by atoms with Crippen LogP contribution in [0.2, 0.25) is 0 Å². The zero-order valence-electron chi connectivity index (χ0n) is 36.3. The van der Waals surface area contributed by atoms with Crippen LogP contribution in [0.3, 0.4) is 0 Å². The quantitative estimate of drug-likeness (QED) is 0.0352.